The molecule has 4 aliphatic heterocycles. The van der Waals surface area contributed by atoms with Gasteiger partial charge in [-0.3, -0.25) is 4.90 Å². The Morgan fingerprint density at radius 1 is 1.14 bits per heavy atom. The van der Waals surface area contributed by atoms with Crippen molar-refractivity contribution in [1.82, 2.24) is 19.4 Å². The highest BCUT2D eigenvalue weighted by Gasteiger charge is 2.45. The number of ether oxygens (including phenoxy) is 2. The number of nitriles is 1. The lowest BCUT2D eigenvalue weighted by Gasteiger charge is -2.57. The lowest BCUT2D eigenvalue weighted by atomic mass is 9.87. The van der Waals surface area contributed by atoms with Crippen LogP contribution in [0, 0.1) is 17.1 Å². The highest BCUT2D eigenvalue weighted by atomic mass is 19.1. The Balaban J connectivity index is 1.04. The Kier molecular flexibility index (Phi) is 6.72. The van der Waals surface area contributed by atoms with Gasteiger partial charge in [-0.2, -0.15) is 10.2 Å². The Morgan fingerprint density at radius 2 is 1.98 bits per heavy atom. The van der Waals surface area contributed by atoms with Gasteiger partial charge in [0.1, 0.15) is 24.1 Å². The predicted molar refractivity (Wildman–Crippen MR) is 151 cm³/mol. The molecule has 4 aromatic rings. The molecule has 2 bridgehead atoms. The fourth-order valence-electron chi connectivity index (χ4n) is 6.18. The van der Waals surface area contributed by atoms with Gasteiger partial charge in [-0.05, 0) is 49.2 Å². The number of pyridine rings is 1. The molecule has 0 spiro atoms. The number of nitrogens with zero attached hydrogens (tertiary/aromatic N) is 6. The molecule has 8 rings (SSSR count). The van der Waals surface area contributed by atoms with Gasteiger partial charge in [-0.25, -0.2) is 14.2 Å². The first kappa shape index (κ1) is 26.4. The number of fused-ring (bicyclic) bond motifs is 3. The van der Waals surface area contributed by atoms with Crippen LogP contribution < -0.4 is 9.64 Å². The quantitative estimate of drug-likeness (QED) is 0.320. The van der Waals surface area contributed by atoms with E-state index in [1.54, 1.807) is 36.4 Å². The third kappa shape index (κ3) is 4.93. The van der Waals surface area contributed by atoms with E-state index in [-0.39, 0.29) is 23.8 Å². The zero-order valence-corrected chi connectivity index (χ0v) is 22.8. The Bertz CT molecular complexity index is 1700. The minimum Gasteiger partial charge on any atom is -0.478 e. The highest BCUT2D eigenvalue weighted by molar-refractivity contribution is 5.92. The zero-order valence-electron chi connectivity index (χ0n) is 22.8. The van der Waals surface area contributed by atoms with Crippen LogP contribution in [0.3, 0.4) is 0 Å². The number of piperazine rings is 1. The van der Waals surface area contributed by atoms with Gasteiger partial charge in [0.2, 0.25) is 5.88 Å². The van der Waals surface area contributed by atoms with Gasteiger partial charge < -0.3 is 24.0 Å². The van der Waals surface area contributed by atoms with E-state index >= 15 is 0 Å². The minimum absolute atomic E-state index is 0.0233. The van der Waals surface area contributed by atoms with Crippen LogP contribution >= 0.6 is 0 Å². The van der Waals surface area contributed by atoms with Crippen LogP contribution in [0.1, 0.15) is 40.2 Å². The summed E-state index contributed by atoms with van der Waals surface area (Å²) in [5.74, 6) is 0.750. The maximum atomic E-state index is 14.3. The van der Waals surface area contributed by atoms with Crippen LogP contribution in [-0.2, 0) is 24.4 Å². The largest absolute Gasteiger partial charge is 0.478 e. The van der Waals surface area contributed by atoms with Crippen molar-refractivity contribution in [2.24, 2.45) is 0 Å². The van der Waals surface area contributed by atoms with E-state index < -0.39 is 11.8 Å². The van der Waals surface area contributed by atoms with Crippen LogP contribution in [-0.4, -0.2) is 68.4 Å². The summed E-state index contributed by atoms with van der Waals surface area (Å²) in [6, 6.07) is 17.6. The summed E-state index contributed by atoms with van der Waals surface area (Å²) in [4.78, 5) is 26.0. The third-order valence-electron chi connectivity index (χ3n) is 8.42. The van der Waals surface area contributed by atoms with Crippen molar-refractivity contribution in [3.8, 4) is 11.9 Å². The monoisotopic (exact) mass is 568 g/mol. The molecule has 2 aromatic heterocycles. The zero-order chi connectivity index (χ0) is 28.8. The van der Waals surface area contributed by atoms with Crippen molar-refractivity contribution in [1.29, 1.82) is 5.26 Å². The van der Waals surface area contributed by atoms with E-state index in [9.17, 15) is 14.3 Å². The standard InChI is InChI=1S/C31H29FN6O4/c32-25-10-19(13-33)4-5-21(25)18-42-30-3-1-2-28(35-30)38-22-12-23(38)15-36(14-22)17-29-34-26-7-6-20(31(39)40)11-27(26)37(29)16-24-8-9-41-24/h1-7,10-11,22-24H,8-9,12,14-18H2,(H,39,40)/t22-,23-,24-/m0/s1. The molecule has 0 radical (unpaired) electrons. The number of aromatic carboxylic acids is 1. The van der Waals surface area contributed by atoms with E-state index in [1.807, 2.05) is 18.2 Å². The number of halogens is 1. The van der Waals surface area contributed by atoms with Gasteiger partial charge in [0, 0.05) is 43.4 Å². The molecule has 0 saturated carbocycles. The topological polar surface area (TPSA) is 117 Å². The van der Waals surface area contributed by atoms with Crippen molar-refractivity contribution in [2.45, 2.75) is 50.7 Å². The number of hydrogen-bond donors (Lipinski definition) is 1. The van der Waals surface area contributed by atoms with Crippen LogP contribution in [0.4, 0.5) is 10.2 Å². The first-order valence-corrected chi connectivity index (χ1v) is 14.1. The Labute approximate surface area is 241 Å². The van der Waals surface area contributed by atoms with Crippen molar-refractivity contribution in [3.63, 3.8) is 0 Å². The second-order valence-corrected chi connectivity index (χ2v) is 11.1. The number of hydrogen-bond acceptors (Lipinski definition) is 8. The molecule has 2 aromatic carbocycles. The number of carboxylic acids is 1. The van der Waals surface area contributed by atoms with E-state index in [0.29, 0.717) is 36.6 Å². The van der Waals surface area contributed by atoms with E-state index in [4.69, 9.17) is 24.7 Å². The third-order valence-corrected chi connectivity index (χ3v) is 8.42. The highest BCUT2D eigenvalue weighted by Crippen LogP contribution is 2.37. The number of anilines is 1. The lowest BCUT2D eigenvalue weighted by molar-refractivity contribution is -0.0593. The van der Waals surface area contributed by atoms with E-state index in [2.05, 4.69) is 14.4 Å². The summed E-state index contributed by atoms with van der Waals surface area (Å²) in [6.45, 7) is 3.80. The molecule has 0 amide bonds. The molecule has 3 atom stereocenters. The van der Waals surface area contributed by atoms with Crippen LogP contribution in [0.2, 0.25) is 0 Å². The summed E-state index contributed by atoms with van der Waals surface area (Å²) in [6.07, 6.45) is 2.18. The molecule has 0 aliphatic carbocycles. The number of benzene rings is 2. The number of aromatic nitrogens is 3. The number of carboxylic acid groups (broad SMARTS) is 1. The van der Waals surface area contributed by atoms with E-state index in [0.717, 1.165) is 55.2 Å². The predicted octanol–water partition coefficient (Wildman–Crippen LogP) is 3.97. The normalized spacial score (nSPS) is 21.4. The van der Waals surface area contributed by atoms with Crippen LogP contribution in [0.15, 0.2) is 54.6 Å². The number of rotatable bonds is 9. The summed E-state index contributed by atoms with van der Waals surface area (Å²) in [7, 11) is 0. The molecule has 214 valence electrons. The number of carbonyl (C=O) groups is 1. The molecule has 1 N–H and O–H groups in total. The first-order valence-electron chi connectivity index (χ1n) is 14.1. The minimum atomic E-state index is -0.952. The van der Waals surface area contributed by atoms with Gasteiger partial charge >= 0.3 is 5.97 Å². The molecule has 4 fully saturated rings. The molecule has 42 heavy (non-hydrogen) atoms. The second-order valence-electron chi connectivity index (χ2n) is 11.1. The average Bonchev–Trinajstić information content (AvgIpc) is 3.30. The summed E-state index contributed by atoms with van der Waals surface area (Å²) < 4.78 is 27.9. The second kappa shape index (κ2) is 10.7. The molecule has 10 nitrogen and oxygen atoms in total. The maximum absolute atomic E-state index is 14.3. The van der Waals surface area contributed by atoms with Crippen molar-refractivity contribution < 1.29 is 23.8 Å². The van der Waals surface area contributed by atoms with Crippen LogP contribution in [0.25, 0.3) is 11.0 Å². The molecule has 4 aliphatic rings. The first-order chi connectivity index (χ1) is 20.4. The average molecular weight is 569 g/mol. The fourth-order valence-corrected chi connectivity index (χ4v) is 6.18. The van der Waals surface area contributed by atoms with Crippen molar-refractivity contribution >= 4 is 22.8 Å². The lowest BCUT2D eigenvalue weighted by Crippen LogP contribution is -2.69. The SMILES string of the molecule is N#Cc1ccc(COc2cccc(N3[C@H]4C[C@H]3CN(Cc3nc5ccc(C(=O)O)cc5n3C[C@@H]3CCO3)C4)n2)c(F)c1. The smallest absolute Gasteiger partial charge is 0.335 e. The van der Waals surface area contributed by atoms with Crippen molar-refractivity contribution in [2.75, 3.05) is 24.6 Å². The number of imidazole rings is 1. The Hall–Kier alpha value is -4.53. The van der Waals surface area contributed by atoms with Gasteiger partial charge in [0.15, 0.2) is 0 Å². The molecule has 11 heteroatoms. The summed E-state index contributed by atoms with van der Waals surface area (Å²) in [5, 5.41) is 18.5. The molecule has 0 unspecified atom stereocenters. The molecule has 6 heterocycles. The van der Waals surface area contributed by atoms with Gasteiger partial charge in [-0.15, -0.1) is 0 Å². The van der Waals surface area contributed by atoms with Gasteiger partial charge in [0.05, 0.1) is 47.4 Å². The van der Waals surface area contributed by atoms with Gasteiger partial charge in [0.25, 0.3) is 0 Å². The molecular formula is C31H29FN6O4. The summed E-state index contributed by atoms with van der Waals surface area (Å²) >= 11 is 0. The molecule has 4 saturated heterocycles. The molecular weight excluding hydrogens is 539 g/mol. The number of piperidine rings is 1. The van der Waals surface area contributed by atoms with Gasteiger partial charge in [-0.1, -0.05) is 12.1 Å². The summed E-state index contributed by atoms with van der Waals surface area (Å²) in [5.41, 5.74) is 2.50. The van der Waals surface area contributed by atoms with Crippen LogP contribution in [0.5, 0.6) is 5.88 Å². The van der Waals surface area contributed by atoms with E-state index in [1.165, 1.54) is 6.07 Å². The fraction of sp³-hybridized carbons (Fsp3) is 0.355. The van der Waals surface area contributed by atoms with Crippen molar-refractivity contribution in [3.05, 3.63) is 82.9 Å². The maximum Gasteiger partial charge on any atom is 0.335 e. The Morgan fingerprint density at radius 3 is 2.69 bits per heavy atom.